The Morgan fingerprint density at radius 3 is 2.19 bits per heavy atom. The molecule has 2 amide bonds. The van der Waals surface area contributed by atoms with Crippen LogP contribution in [0.1, 0.15) is 18.1 Å². The Kier molecular flexibility index (Phi) is 5.73. The third kappa shape index (κ3) is 3.97. The average molecular weight is 434 g/mol. The maximum Gasteiger partial charge on any atom is 0.282 e. The number of carbonyl (C=O) groups is 2. The number of hydrogen-bond donors (Lipinski definition) is 1. The van der Waals surface area contributed by atoms with Crippen LogP contribution in [-0.2, 0) is 9.59 Å². The third-order valence-corrected chi connectivity index (χ3v) is 5.02. The van der Waals surface area contributed by atoms with Gasteiger partial charge in [0.1, 0.15) is 11.4 Å². The van der Waals surface area contributed by atoms with Crippen molar-refractivity contribution in [2.45, 2.75) is 13.8 Å². The highest BCUT2D eigenvalue weighted by atomic mass is 19.2. The van der Waals surface area contributed by atoms with Crippen molar-refractivity contribution in [1.82, 2.24) is 0 Å². The first kappa shape index (κ1) is 21.2. The second kappa shape index (κ2) is 8.63. The average Bonchev–Trinajstić information content (AvgIpc) is 3.02. The van der Waals surface area contributed by atoms with Gasteiger partial charge >= 0.3 is 0 Å². The van der Waals surface area contributed by atoms with Gasteiger partial charge in [-0.15, -0.1) is 0 Å². The molecule has 0 saturated heterocycles. The van der Waals surface area contributed by atoms with Gasteiger partial charge in [0, 0.05) is 11.8 Å². The van der Waals surface area contributed by atoms with Crippen LogP contribution < -0.4 is 15.0 Å². The molecule has 0 atom stereocenters. The van der Waals surface area contributed by atoms with Gasteiger partial charge in [0.15, 0.2) is 11.6 Å². The second-order valence-electron chi connectivity index (χ2n) is 7.24. The summed E-state index contributed by atoms with van der Waals surface area (Å²) < 4.78 is 32.7. The number of carbonyl (C=O) groups excluding carboxylic acids is 2. The van der Waals surface area contributed by atoms with Crippen molar-refractivity contribution in [2.24, 2.45) is 0 Å². The highest BCUT2D eigenvalue weighted by Gasteiger charge is 2.40. The van der Waals surface area contributed by atoms with E-state index in [4.69, 9.17) is 4.74 Å². The molecule has 0 aliphatic carbocycles. The molecule has 1 heterocycles. The predicted molar refractivity (Wildman–Crippen MR) is 118 cm³/mol. The first-order valence-electron chi connectivity index (χ1n) is 10.0. The van der Waals surface area contributed by atoms with Gasteiger partial charge < -0.3 is 10.1 Å². The number of ether oxygens (including phenoxy) is 1. The molecule has 32 heavy (non-hydrogen) atoms. The van der Waals surface area contributed by atoms with Gasteiger partial charge in [0.05, 0.1) is 17.9 Å². The summed E-state index contributed by atoms with van der Waals surface area (Å²) in [5, 5.41) is 3.02. The summed E-state index contributed by atoms with van der Waals surface area (Å²) in [6, 6.07) is 17.0. The fourth-order valence-corrected chi connectivity index (χ4v) is 3.44. The lowest BCUT2D eigenvalue weighted by Crippen LogP contribution is -2.32. The van der Waals surface area contributed by atoms with Crippen molar-refractivity contribution in [3.63, 3.8) is 0 Å². The molecule has 4 rings (SSSR count). The number of aryl methyl sites for hydroxylation is 1. The molecule has 0 radical (unpaired) electrons. The van der Waals surface area contributed by atoms with Crippen LogP contribution in [0, 0.1) is 18.6 Å². The molecular weight excluding hydrogens is 414 g/mol. The molecule has 0 unspecified atom stereocenters. The van der Waals surface area contributed by atoms with E-state index in [-0.39, 0.29) is 17.0 Å². The van der Waals surface area contributed by atoms with Crippen LogP contribution in [0.15, 0.2) is 72.4 Å². The van der Waals surface area contributed by atoms with Gasteiger partial charge in [-0.25, -0.2) is 13.7 Å². The lowest BCUT2D eigenvalue weighted by atomic mass is 10.0. The van der Waals surface area contributed by atoms with E-state index in [1.165, 1.54) is 6.07 Å². The third-order valence-electron chi connectivity index (χ3n) is 5.02. The number of halogens is 2. The molecule has 0 saturated carbocycles. The highest BCUT2D eigenvalue weighted by Crippen LogP contribution is 2.34. The monoisotopic (exact) mass is 434 g/mol. The van der Waals surface area contributed by atoms with Crippen molar-refractivity contribution in [2.75, 3.05) is 16.8 Å². The van der Waals surface area contributed by atoms with Crippen molar-refractivity contribution in [1.29, 1.82) is 0 Å². The normalized spacial score (nSPS) is 13.7. The minimum atomic E-state index is -1.15. The molecule has 1 N–H and O–H groups in total. The number of nitrogens with one attached hydrogen (secondary N) is 1. The van der Waals surface area contributed by atoms with Gasteiger partial charge in [0.25, 0.3) is 11.8 Å². The number of anilines is 2. The predicted octanol–water partition coefficient (Wildman–Crippen LogP) is 5.07. The lowest BCUT2D eigenvalue weighted by Gasteiger charge is -2.15. The molecule has 0 fully saturated rings. The molecule has 5 nitrogen and oxygen atoms in total. The smallest absolute Gasteiger partial charge is 0.282 e. The van der Waals surface area contributed by atoms with Crippen molar-refractivity contribution >= 4 is 28.8 Å². The molecule has 1 aliphatic rings. The van der Waals surface area contributed by atoms with Crippen molar-refractivity contribution in [3.05, 3.63) is 95.2 Å². The van der Waals surface area contributed by atoms with Gasteiger partial charge in [-0.05, 0) is 55.8 Å². The minimum Gasteiger partial charge on any atom is -0.494 e. The van der Waals surface area contributed by atoms with Gasteiger partial charge in [0.2, 0.25) is 0 Å². The minimum absolute atomic E-state index is 0.0488. The second-order valence-corrected chi connectivity index (χ2v) is 7.24. The number of nitrogens with zero attached hydrogens (tertiary/aromatic N) is 1. The van der Waals surface area contributed by atoms with Crippen LogP contribution in [0.5, 0.6) is 5.75 Å². The standard InChI is InChI=1S/C25H20F2N2O3/c1-3-32-19-11-8-17(9-12-19)28-23-22(16-6-4-15(2)5-7-16)24(30)29(25(23)31)18-10-13-20(26)21(27)14-18/h4-14,28H,3H2,1-2H3. The quantitative estimate of drug-likeness (QED) is 0.551. The Morgan fingerprint density at radius 1 is 0.875 bits per heavy atom. The van der Waals surface area contributed by atoms with E-state index in [0.717, 1.165) is 22.6 Å². The van der Waals surface area contributed by atoms with E-state index >= 15 is 0 Å². The van der Waals surface area contributed by atoms with E-state index in [9.17, 15) is 18.4 Å². The van der Waals surface area contributed by atoms with Gasteiger partial charge in [-0.3, -0.25) is 9.59 Å². The zero-order valence-electron chi connectivity index (χ0n) is 17.5. The van der Waals surface area contributed by atoms with Gasteiger partial charge in [-0.1, -0.05) is 29.8 Å². The summed E-state index contributed by atoms with van der Waals surface area (Å²) in [6.07, 6.45) is 0. The zero-order valence-corrected chi connectivity index (χ0v) is 17.5. The Balaban J connectivity index is 1.77. The Hall–Kier alpha value is -4.00. The van der Waals surface area contributed by atoms with Crippen LogP contribution in [0.25, 0.3) is 5.57 Å². The van der Waals surface area contributed by atoms with E-state index in [2.05, 4.69) is 5.32 Å². The SMILES string of the molecule is CCOc1ccc(NC2=C(c3ccc(C)cc3)C(=O)N(c3ccc(F)c(F)c3)C2=O)cc1. The number of benzene rings is 3. The lowest BCUT2D eigenvalue weighted by molar-refractivity contribution is -0.120. The first-order chi connectivity index (χ1) is 15.4. The van der Waals surface area contributed by atoms with Crippen LogP contribution in [0.3, 0.4) is 0 Å². The maximum atomic E-state index is 13.8. The summed E-state index contributed by atoms with van der Waals surface area (Å²) in [5.74, 6) is -2.83. The van der Waals surface area contributed by atoms with E-state index < -0.39 is 23.4 Å². The van der Waals surface area contributed by atoms with E-state index in [0.29, 0.717) is 23.6 Å². The summed E-state index contributed by atoms with van der Waals surface area (Å²) >= 11 is 0. The van der Waals surface area contributed by atoms with Crippen LogP contribution in [0.4, 0.5) is 20.2 Å². The van der Waals surface area contributed by atoms with Crippen LogP contribution >= 0.6 is 0 Å². The van der Waals surface area contributed by atoms with Crippen molar-refractivity contribution in [3.8, 4) is 5.75 Å². The summed E-state index contributed by atoms with van der Waals surface area (Å²) in [7, 11) is 0. The molecule has 3 aromatic rings. The largest absolute Gasteiger partial charge is 0.494 e. The number of rotatable bonds is 6. The molecular formula is C25H20F2N2O3. The Bertz CT molecular complexity index is 1220. The molecule has 0 spiro atoms. The van der Waals surface area contributed by atoms with E-state index in [1.54, 1.807) is 36.4 Å². The maximum absolute atomic E-state index is 13.8. The highest BCUT2D eigenvalue weighted by molar-refractivity contribution is 6.46. The van der Waals surface area contributed by atoms with E-state index in [1.807, 2.05) is 26.0 Å². The molecule has 3 aromatic carbocycles. The zero-order chi connectivity index (χ0) is 22.8. The number of imide groups is 1. The fourth-order valence-electron chi connectivity index (χ4n) is 3.44. The molecule has 162 valence electrons. The molecule has 7 heteroatoms. The van der Waals surface area contributed by atoms with Crippen molar-refractivity contribution < 1.29 is 23.1 Å². The van der Waals surface area contributed by atoms with Crippen LogP contribution in [-0.4, -0.2) is 18.4 Å². The Labute approximate surface area is 183 Å². The Morgan fingerprint density at radius 2 is 1.56 bits per heavy atom. The number of amides is 2. The number of hydrogen-bond acceptors (Lipinski definition) is 4. The summed E-state index contributed by atoms with van der Waals surface area (Å²) in [6.45, 7) is 4.30. The molecule has 0 aromatic heterocycles. The summed E-state index contributed by atoms with van der Waals surface area (Å²) in [5.41, 5.74) is 2.24. The first-order valence-corrected chi connectivity index (χ1v) is 10.0. The van der Waals surface area contributed by atoms with Gasteiger partial charge in [-0.2, -0.15) is 0 Å². The van der Waals surface area contributed by atoms with Crippen LogP contribution in [0.2, 0.25) is 0 Å². The summed E-state index contributed by atoms with van der Waals surface area (Å²) in [4.78, 5) is 27.4. The fraction of sp³-hybridized carbons (Fsp3) is 0.120. The topological polar surface area (TPSA) is 58.6 Å². The molecule has 0 bridgehead atoms. The molecule has 1 aliphatic heterocycles.